The number of anilines is 1. The molecule has 2 aromatic heterocycles. The molecular weight excluding hydrogens is 428 g/mol. The van der Waals surface area contributed by atoms with Gasteiger partial charge in [0.05, 0.1) is 24.7 Å². The summed E-state index contributed by atoms with van der Waals surface area (Å²) >= 11 is 6.21. The molecule has 1 atom stereocenters. The summed E-state index contributed by atoms with van der Waals surface area (Å²) in [6.07, 6.45) is 1.89. The lowest BCUT2D eigenvalue weighted by Gasteiger charge is -2.24. The Labute approximate surface area is 189 Å². The predicted molar refractivity (Wildman–Crippen MR) is 120 cm³/mol. The van der Waals surface area contributed by atoms with Crippen LogP contribution in [-0.4, -0.2) is 38.0 Å². The summed E-state index contributed by atoms with van der Waals surface area (Å²) in [7, 11) is 1.61. The summed E-state index contributed by atoms with van der Waals surface area (Å²) in [6, 6.07) is 15.1. The molecule has 8 nitrogen and oxygen atoms in total. The van der Waals surface area contributed by atoms with Crippen molar-refractivity contribution in [2.75, 3.05) is 12.4 Å². The highest BCUT2D eigenvalue weighted by atomic mass is 35.5. The minimum atomic E-state index is -0.166. The number of nitrogens with zero attached hydrogens (tertiary/aromatic N) is 5. The van der Waals surface area contributed by atoms with Crippen LogP contribution in [0.3, 0.4) is 0 Å². The number of halogens is 1. The molecule has 0 saturated heterocycles. The van der Waals surface area contributed by atoms with Gasteiger partial charge in [-0.15, -0.1) is 5.10 Å². The fourth-order valence-electron chi connectivity index (χ4n) is 4.01. The Kier molecular flexibility index (Phi) is 5.07. The molecular formula is C23H19ClN6O2. The monoisotopic (exact) mass is 446 g/mol. The molecule has 0 radical (unpaired) electrons. The van der Waals surface area contributed by atoms with Crippen LogP contribution in [0.25, 0.3) is 17.2 Å². The van der Waals surface area contributed by atoms with E-state index in [4.69, 9.17) is 16.3 Å². The zero-order valence-corrected chi connectivity index (χ0v) is 18.2. The van der Waals surface area contributed by atoms with Crippen molar-refractivity contribution >= 4 is 23.3 Å². The Morgan fingerprint density at radius 1 is 1.19 bits per heavy atom. The van der Waals surface area contributed by atoms with Gasteiger partial charge in [0.15, 0.2) is 0 Å². The third kappa shape index (κ3) is 3.58. The van der Waals surface area contributed by atoms with E-state index >= 15 is 0 Å². The number of amides is 1. The summed E-state index contributed by atoms with van der Waals surface area (Å²) < 4.78 is 6.84. The van der Waals surface area contributed by atoms with E-state index in [-0.39, 0.29) is 17.8 Å². The molecule has 2 aromatic carbocycles. The van der Waals surface area contributed by atoms with Crippen molar-refractivity contribution in [1.82, 2.24) is 25.0 Å². The summed E-state index contributed by atoms with van der Waals surface area (Å²) in [6.45, 7) is 1.91. The first kappa shape index (κ1) is 20.1. The standard InChI is InChI=1S/C23H19ClN6O2/c1-13-21-18(14-5-3-7-16(24)9-14)11-20(31)27-22(21)30(29-13)23-26-19(12-25-28-23)15-6-4-8-17(10-15)32-2/h3-10,12,18H,11H2,1-2H3,(H,27,31)/t18-/m0/s1. The van der Waals surface area contributed by atoms with Crippen LogP contribution in [0, 0.1) is 6.92 Å². The van der Waals surface area contributed by atoms with Gasteiger partial charge in [-0.2, -0.15) is 14.9 Å². The van der Waals surface area contributed by atoms with E-state index in [0.29, 0.717) is 28.7 Å². The maximum atomic E-state index is 12.6. The number of aromatic nitrogens is 5. The topological polar surface area (TPSA) is 94.8 Å². The Bertz CT molecular complexity index is 1340. The molecule has 160 valence electrons. The van der Waals surface area contributed by atoms with E-state index in [1.54, 1.807) is 13.3 Å². The third-order valence-electron chi connectivity index (χ3n) is 5.46. The highest BCUT2D eigenvalue weighted by Crippen LogP contribution is 2.40. The van der Waals surface area contributed by atoms with Gasteiger partial charge in [-0.1, -0.05) is 35.9 Å². The number of benzene rings is 2. The fraction of sp³-hybridized carbons (Fsp3) is 0.174. The number of ether oxygens (including phenoxy) is 1. The van der Waals surface area contributed by atoms with E-state index < -0.39 is 0 Å². The lowest BCUT2D eigenvalue weighted by Crippen LogP contribution is -2.25. The van der Waals surface area contributed by atoms with Gasteiger partial charge < -0.3 is 10.1 Å². The molecule has 0 spiro atoms. The van der Waals surface area contributed by atoms with Crippen molar-refractivity contribution in [3.63, 3.8) is 0 Å². The van der Waals surface area contributed by atoms with Gasteiger partial charge in [0.25, 0.3) is 5.95 Å². The van der Waals surface area contributed by atoms with E-state index in [9.17, 15) is 4.79 Å². The maximum Gasteiger partial charge on any atom is 0.272 e. The Morgan fingerprint density at radius 2 is 2.03 bits per heavy atom. The number of fused-ring (bicyclic) bond motifs is 1. The number of hydrogen-bond donors (Lipinski definition) is 1. The van der Waals surface area contributed by atoms with Gasteiger partial charge in [0.2, 0.25) is 5.91 Å². The molecule has 1 aliphatic heterocycles. The van der Waals surface area contributed by atoms with E-state index in [0.717, 1.165) is 22.4 Å². The number of carbonyl (C=O) groups excluding carboxylic acids is 1. The normalized spacial score (nSPS) is 15.2. The molecule has 1 aliphatic rings. The quantitative estimate of drug-likeness (QED) is 0.505. The van der Waals surface area contributed by atoms with Gasteiger partial charge in [-0.25, -0.2) is 4.98 Å². The molecule has 0 unspecified atom stereocenters. The second kappa shape index (κ2) is 8.05. The van der Waals surface area contributed by atoms with Crippen molar-refractivity contribution in [2.24, 2.45) is 0 Å². The molecule has 0 fully saturated rings. The highest BCUT2D eigenvalue weighted by Gasteiger charge is 2.33. The smallest absolute Gasteiger partial charge is 0.272 e. The summed E-state index contributed by atoms with van der Waals surface area (Å²) in [5, 5.41) is 16.5. The Hall–Kier alpha value is -3.78. The number of aryl methyl sites for hydroxylation is 1. The number of methoxy groups -OCH3 is 1. The Morgan fingerprint density at radius 3 is 2.84 bits per heavy atom. The fourth-order valence-corrected chi connectivity index (χ4v) is 4.20. The third-order valence-corrected chi connectivity index (χ3v) is 5.69. The van der Waals surface area contributed by atoms with E-state index in [1.165, 1.54) is 4.68 Å². The zero-order chi connectivity index (χ0) is 22.2. The second-order valence-corrected chi connectivity index (χ2v) is 7.93. The van der Waals surface area contributed by atoms with Crippen LogP contribution >= 0.6 is 11.6 Å². The summed E-state index contributed by atoms with van der Waals surface area (Å²) in [5.41, 5.74) is 4.10. The molecule has 4 aromatic rings. The van der Waals surface area contributed by atoms with Gasteiger partial charge in [-0.05, 0) is 36.8 Å². The summed E-state index contributed by atoms with van der Waals surface area (Å²) in [5.74, 6) is 1.25. The van der Waals surface area contributed by atoms with Crippen LogP contribution < -0.4 is 10.1 Å². The van der Waals surface area contributed by atoms with Crippen LogP contribution in [0.1, 0.15) is 29.2 Å². The molecule has 1 N–H and O–H groups in total. The number of rotatable bonds is 4. The number of carbonyl (C=O) groups is 1. The van der Waals surface area contributed by atoms with Crippen LogP contribution in [0.5, 0.6) is 5.75 Å². The molecule has 0 saturated carbocycles. The van der Waals surface area contributed by atoms with Crippen molar-refractivity contribution < 1.29 is 9.53 Å². The average Bonchev–Trinajstić information content (AvgIpc) is 3.14. The molecule has 32 heavy (non-hydrogen) atoms. The van der Waals surface area contributed by atoms with Crippen molar-refractivity contribution in [3.8, 4) is 23.0 Å². The lowest BCUT2D eigenvalue weighted by molar-refractivity contribution is -0.116. The molecule has 1 amide bonds. The van der Waals surface area contributed by atoms with Crippen LogP contribution in [0.4, 0.5) is 5.82 Å². The number of nitrogens with one attached hydrogen (secondary N) is 1. The molecule has 0 bridgehead atoms. The van der Waals surface area contributed by atoms with Crippen molar-refractivity contribution in [1.29, 1.82) is 0 Å². The van der Waals surface area contributed by atoms with Gasteiger partial charge in [0, 0.05) is 28.5 Å². The first-order chi connectivity index (χ1) is 15.5. The number of hydrogen-bond acceptors (Lipinski definition) is 6. The van der Waals surface area contributed by atoms with E-state index in [1.807, 2.05) is 55.5 Å². The molecule has 9 heteroatoms. The maximum absolute atomic E-state index is 12.6. The largest absolute Gasteiger partial charge is 0.497 e. The van der Waals surface area contributed by atoms with Crippen molar-refractivity contribution in [2.45, 2.75) is 19.3 Å². The second-order valence-electron chi connectivity index (χ2n) is 7.49. The molecule has 0 aliphatic carbocycles. The Balaban J connectivity index is 1.61. The first-order valence-corrected chi connectivity index (χ1v) is 10.4. The van der Waals surface area contributed by atoms with Gasteiger partial charge >= 0.3 is 0 Å². The lowest BCUT2D eigenvalue weighted by atomic mass is 9.86. The SMILES string of the molecule is COc1cccc(-c2cnnc(-n3nc(C)c4c3NC(=O)C[C@H]4c3cccc(Cl)c3)n2)c1. The molecule has 3 heterocycles. The average molecular weight is 447 g/mol. The van der Waals surface area contributed by atoms with Crippen LogP contribution in [-0.2, 0) is 4.79 Å². The predicted octanol–water partition coefficient (Wildman–Crippen LogP) is 4.17. The van der Waals surface area contributed by atoms with Gasteiger partial charge in [-0.3, -0.25) is 4.79 Å². The highest BCUT2D eigenvalue weighted by molar-refractivity contribution is 6.30. The van der Waals surface area contributed by atoms with Crippen LogP contribution in [0.2, 0.25) is 5.02 Å². The van der Waals surface area contributed by atoms with Crippen molar-refractivity contribution in [3.05, 3.63) is 76.6 Å². The minimum absolute atomic E-state index is 0.111. The minimum Gasteiger partial charge on any atom is -0.497 e. The molecule has 5 rings (SSSR count). The van der Waals surface area contributed by atoms with Gasteiger partial charge in [0.1, 0.15) is 11.6 Å². The first-order valence-electron chi connectivity index (χ1n) is 10.0. The van der Waals surface area contributed by atoms with Crippen LogP contribution in [0.15, 0.2) is 54.7 Å². The zero-order valence-electron chi connectivity index (χ0n) is 17.4. The summed E-state index contributed by atoms with van der Waals surface area (Å²) in [4.78, 5) is 17.2. The van der Waals surface area contributed by atoms with E-state index in [2.05, 4.69) is 25.6 Å².